The summed E-state index contributed by atoms with van der Waals surface area (Å²) in [6.45, 7) is 4.38. The first-order valence-electron chi connectivity index (χ1n) is 14.0. The summed E-state index contributed by atoms with van der Waals surface area (Å²) < 4.78 is 0. The van der Waals surface area contributed by atoms with E-state index in [0.29, 0.717) is 39.0 Å². The number of carbonyl (C=O) groups excluding carboxylic acids is 4. The molecule has 0 spiro atoms. The van der Waals surface area contributed by atoms with Crippen molar-refractivity contribution in [2.45, 2.75) is 103 Å². The third kappa shape index (κ3) is 12.4. The zero-order valence-corrected chi connectivity index (χ0v) is 21.6. The molecule has 2 heterocycles. The van der Waals surface area contributed by atoms with Crippen LogP contribution in [0.25, 0.3) is 0 Å². The summed E-state index contributed by atoms with van der Waals surface area (Å²) in [6.07, 6.45) is 15.1. The molecular formula is C26H47N5O4. The maximum absolute atomic E-state index is 12.1. The molecule has 0 aromatic heterocycles. The lowest BCUT2D eigenvalue weighted by molar-refractivity contribution is -0.128. The minimum Gasteiger partial charge on any atom is -0.338 e. The number of nitrogens with one attached hydrogen (secondary N) is 3. The lowest BCUT2D eigenvalue weighted by Gasteiger charge is -2.19. The lowest BCUT2D eigenvalue weighted by atomic mass is 10.2. The summed E-state index contributed by atoms with van der Waals surface area (Å²) in [5, 5.41) is 9.26. The summed E-state index contributed by atoms with van der Waals surface area (Å²) in [5.41, 5.74) is 0. The quantitative estimate of drug-likeness (QED) is 0.318. The molecule has 0 saturated carbocycles. The number of hydrogen-bond donors (Lipinski definition) is 3. The average Bonchev–Trinajstić information content (AvgIpc) is 3.20. The highest BCUT2D eigenvalue weighted by atomic mass is 16.2. The predicted octanol–water partition coefficient (Wildman–Crippen LogP) is 3.92. The molecule has 3 N–H and O–H groups in total. The van der Waals surface area contributed by atoms with E-state index in [-0.39, 0.29) is 23.9 Å². The van der Waals surface area contributed by atoms with E-state index in [9.17, 15) is 19.2 Å². The van der Waals surface area contributed by atoms with Crippen molar-refractivity contribution < 1.29 is 19.2 Å². The van der Waals surface area contributed by atoms with Crippen molar-refractivity contribution in [1.29, 1.82) is 0 Å². The monoisotopic (exact) mass is 493 g/mol. The fraction of sp³-hybridized carbons (Fsp3) is 0.846. The average molecular weight is 494 g/mol. The lowest BCUT2D eigenvalue weighted by Crippen LogP contribution is -2.43. The Morgan fingerprint density at radius 3 is 1.37 bits per heavy atom. The van der Waals surface area contributed by atoms with Gasteiger partial charge in [0, 0.05) is 39.0 Å². The van der Waals surface area contributed by atoms with Crippen LogP contribution in [-0.2, 0) is 9.59 Å². The molecule has 0 unspecified atom stereocenters. The van der Waals surface area contributed by atoms with Crippen LogP contribution in [0.5, 0.6) is 0 Å². The van der Waals surface area contributed by atoms with Crippen molar-refractivity contribution in [1.82, 2.24) is 25.8 Å². The van der Waals surface area contributed by atoms with Crippen LogP contribution in [0, 0.1) is 0 Å². The van der Waals surface area contributed by atoms with Crippen LogP contribution in [0.4, 0.5) is 9.59 Å². The normalized spacial score (nSPS) is 17.1. The van der Waals surface area contributed by atoms with Gasteiger partial charge in [-0.3, -0.25) is 19.4 Å². The molecule has 2 fully saturated rings. The summed E-state index contributed by atoms with van der Waals surface area (Å²) in [4.78, 5) is 50.9. The van der Waals surface area contributed by atoms with Gasteiger partial charge in [0.15, 0.2) is 0 Å². The number of imide groups is 2. The number of carbonyl (C=O) groups is 4. The van der Waals surface area contributed by atoms with E-state index in [2.05, 4.69) is 16.0 Å². The molecule has 2 rings (SSSR count). The van der Waals surface area contributed by atoms with Gasteiger partial charge in [0.05, 0.1) is 0 Å². The predicted molar refractivity (Wildman–Crippen MR) is 137 cm³/mol. The standard InChI is InChI=1S/C26H47N5O4/c32-23-15-7-5-13-21-30(23)25(34)28-19-11-3-1-9-17-27-18-10-2-4-12-20-29-26(35)31-22-14-6-8-16-24(31)33/h27H,1-22H2,(H,28,34)(H,29,35). The molecule has 0 atom stereocenters. The molecule has 200 valence electrons. The highest BCUT2D eigenvalue weighted by Crippen LogP contribution is 2.12. The largest absolute Gasteiger partial charge is 0.338 e. The Morgan fingerprint density at radius 2 is 0.943 bits per heavy atom. The van der Waals surface area contributed by atoms with E-state index in [1.807, 2.05) is 0 Å². The zero-order chi connectivity index (χ0) is 25.1. The van der Waals surface area contributed by atoms with Crippen molar-refractivity contribution in [3.8, 4) is 0 Å². The molecule has 9 heteroatoms. The van der Waals surface area contributed by atoms with Crippen LogP contribution >= 0.6 is 0 Å². The first-order valence-corrected chi connectivity index (χ1v) is 14.0. The molecule has 0 radical (unpaired) electrons. The van der Waals surface area contributed by atoms with Crippen LogP contribution in [0.1, 0.15) is 103 Å². The maximum Gasteiger partial charge on any atom is 0.324 e. The molecule has 0 aromatic rings. The number of urea groups is 2. The fourth-order valence-electron chi connectivity index (χ4n) is 4.56. The molecule has 2 aliphatic rings. The third-order valence-electron chi connectivity index (χ3n) is 6.75. The molecular weight excluding hydrogens is 446 g/mol. The second-order valence-corrected chi connectivity index (χ2v) is 9.75. The molecule has 9 nitrogen and oxygen atoms in total. The Bertz CT molecular complexity index is 604. The second kappa shape index (κ2) is 18.2. The van der Waals surface area contributed by atoms with Gasteiger partial charge in [-0.1, -0.05) is 38.5 Å². The minimum atomic E-state index is -0.228. The van der Waals surface area contributed by atoms with E-state index in [1.54, 1.807) is 0 Å². The van der Waals surface area contributed by atoms with E-state index >= 15 is 0 Å². The highest BCUT2D eigenvalue weighted by molar-refractivity contribution is 5.95. The summed E-state index contributed by atoms with van der Waals surface area (Å²) in [7, 11) is 0. The molecule has 2 aliphatic heterocycles. The van der Waals surface area contributed by atoms with Gasteiger partial charge in [-0.05, 0) is 64.5 Å². The van der Waals surface area contributed by atoms with Gasteiger partial charge in [0.2, 0.25) is 11.8 Å². The smallest absolute Gasteiger partial charge is 0.324 e. The van der Waals surface area contributed by atoms with Gasteiger partial charge >= 0.3 is 12.1 Å². The maximum atomic E-state index is 12.1. The molecule has 6 amide bonds. The topological polar surface area (TPSA) is 111 Å². The molecule has 0 aliphatic carbocycles. The number of nitrogens with zero attached hydrogens (tertiary/aromatic N) is 2. The van der Waals surface area contributed by atoms with E-state index in [4.69, 9.17) is 0 Å². The minimum absolute atomic E-state index is 0.0428. The molecule has 2 saturated heterocycles. The number of amides is 6. The molecule has 0 bridgehead atoms. The number of unbranched alkanes of at least 4 members (excludes halogenated alkanes) is 6. The highest BCUT2D eigenvalue weighted by Gasteiger charge is 2.23. The first-order chi connectivity index (χ1) is 17.1. The van der Waals surface area contributed by atoms with Gasteiger partial charge in [0.25, 0.3) is 0 Å². The van der Waals surface area contributed by atoms with Gasteiger partial charge in [0.1, 0.15) is 0 Å². The molecule has 0 aromatic carbocycles. The Kier molecular flexibility index (Phi) is 15.1. The van der Waals surface area contributed by atoms with Gasteiger partial charge in [-0.2, -0.15) is 0 Å². The van der Waals surface area contributed by atoms with Gasteiger partial charge in [-0.25, -0.2) is 9.59 Å². The third-order valence-corrected chi connectivity index (χ3v) is 6.75. The first kappa shape index (κ1) is 29.1. The summed E-state index contributed by atoms with van der Waals surface area (Å²) >= 11 is 0. The number of likely N-dealkylation sites (tertiary alicyclic amines) is 2. The van der Waals surface area contributed by atoms with Crippen LogP contribution in [0.3, 0.4) is 0 Å². The van der Waals surface area contributed by atoms with Crippen LogP contribution in [0.15, 0.2) is 0 Å². The van der Waals surface area contributed by atoms with Crippen molar-refractivity contribution >= 4 is 23.9 Å². The Morgan fingerprint density at radius 1 is 0.543 bits per heavy atom. The summed E-state index contributed by atoms with van der Waals surface area (Å²) in [6, 6.07) is -0.457. The van der Waals surface area contributed by atoms with Crippen molar-refractivity contribution in [2.75, 3.05) is 39.3 Å². The van der Waals surface area contributed by atoms with E-state index < -0.39 is 0 Å². The van der Waals surface area contributed by atoms with Gasteiger partial charge < -0.3 is 16.0 Å². The number of rotatable bonds is 14. The Balaban J connectivity index is 1.33. The Labute approximate surface area is 211 Å². The van der Waals surface area contributed by atoms with Crippen molar-refractivity contribution in [3.63, 3.8) is 0 Å². The fourth-order valence-corrected chi connectivity index (χ4v) is 4.56. The zero-order valence-electron chi connectivity index (χ0n) is 21.6. The van der Waals surface area contributed by atoms with Crippen molar-refractivity contribution in [2.24, 2.45) is 0 Å². The molecule has 35 heavy (non-hydrogen) atoms. The van der Waals surface area contributed by atoms with E-state index in [0.717, 1.165) is 103 Å². The summed E-state index contributed by atoms with van der Waals surface area (Å²) in [5.74, 6) is -0.0857. The van der Waals surface area contributed by atoms with Crippen molar-refractivity contribution in [3.05, 3.63) is 0 Å². The Hall–Kier alpha value is -2.16. The SMILES string of the molecule is O=C1CCCCCN1C(=O)NCCCCCCNCCCCCCNC(=O)N1CCCCCC1=O. The number of hydrogen-bond acceptors (Lipinski definition) is 5. The van der Waals surface area contributed by atoms with Crippen LogP contribution < -0.4 is 16.0 Å². The van der Waals surface area contributed by atoms with Crippen LogP contribution in [-0.4, -0.2) is 72.9 Å². The van der Waals surface area contributed by atoms with Gasteiger partial charge in [-0.15, -0.1) is 0 Å². The second-order valence-electron chi connectivity index (χ2n) is 9.75. The van der Waals surface area contributed by atoms with Crippen LogP contribution in [0.2, 0.25) is 0 Å². The van der Waals surface area contributed by atoms with E-state index in [1.165, 1.54) is 9.80 Å².